The van der Waals surface area contributed by atoms with Gasteiger partial charge in [0.05, 0.1) is 0 Å². The first-order valence-electron chi connectivity index (χ1n) is 9.27. The Hall–Kier alpha value is -2.39. The van der Waals surface area contributed by atoms with E-state index < -0.39 is 22.1 Å². The van der Waals surface area contributed by atoms with Crippen LogP contribution in [-0.2, 0) is 14.8 Å². The van der Waals surface area contributed by atoms with Crippen molar-refractivity contribution in [2.45, 2.75) is 26.3 Å². The van der Waals surface area contributed by atoms with Crippen molar-refractivity contribution in [3.8, 4) is 0 Å². The summed E-state index contributed by atoms with van der Waals surface area (Å²) in [5, 5.41) is 3.68. The van der Waals surface area contributed by atoms with Gasteiger partial charge < -0.3 is 16.0 Å². The minimum absolute atomic E-state index is 0.200. The highest BCUT2D eigenvalue weighted by molar-refractivity contribution is 7.92. The standard InChI is InChI=1S/C19H28N4O4S/c1-15(2)14-17(21-19(20)25)18(24)22-9-11-23(12-10-22)28(26,27)13-8-16-6-4-3-5-7-16/h3-8,13,15,17H,9-12,14H2,1-2H3,(H3,20,21,25)/b13-8+/t17-/m1/s1. The number of amides is 3. The number of primary amides is 1. The van der Waals surface area contributed by atoms with Crippen LogP contribution in [0.4, 0.5) is 4.79 Å². The van der Waals surface area contributed by atoms with Gasteiger partial charge in [0.1, 0.15) is 6.04 Å². The van der Waals surface area contributed by atoms with Crippen LogP contribution in [0.15, 0.2) is 35.7 Å². The lowest BCUT2D eigenvalue weighted by atomic mass is 10.0. The van der Waals surface area contributed by atoms with E-state index in [1.54, 1.807) is 11.0 Å². The van der Waals surface area contributed by atoms with Gasteiger partial charge in [0.2, 0.25) is 15.9 Å². The number of piperazine rings is 1. The van der Waals surface area contributed by atoms with E-state index in [0.29, 0.717) is 6.42 Å². The minimum atomic E-state index is -3.56. The second-order valence-electron chi connectivity index (χ2n) is 7.17. The van der Waals surface area contributed by atoms with Crippen LogP contribution in [-0.4, -0.2) is 61.8 Å². The number of hydrogen-bond donors (Lipinski definition) is 2. The van der Waals surface area contributed by atoms with Crippen LogP contribution in [0.2, 0.25) is 0 Å². The Morgan fingerprint density at radius 1 is 1.14 bits per heavy atom. The molecule has 2 rings (SSSR count). The Morgan fingerprint density at radius 3 is 2.29 bits per heavy atom. The molecule has 0 spiro atoms. The Bertz CT molecular complexity index is 800. The van der Waals surface area contributed by atoms with E-state index in [0.717, 1.165) is 5.56 Å². The Labute approximate surface area is 166 Å². The van der Waals surface area contributed by atoms with Gasteiger partial charge in [-0.15, -0.1) is 0 Å². The molecule has 1 atom stereocenters. The Kier molecular flexibility index (Phi) is 7.59. The zero-order valence-corrected chi connectivity index (χ0v) is 17.1. The van der Waals surface area contributed by atoms with Crippen LogP contribution in [0.5, 0.6) is 0 Å². The fraction of sp³-hybridized carbons (Fsp3) is 0.474. The molecule has 8 nitrogen and oxygen atoms in total. The summed E-state index contributed by atoms with van der Waals surface area (Å²) in [6, 6.07) is 7.74. The third-order valence-electron chi connectivity index (χ3n) is 4.46. The normalized spacial score (nSPS) is 17.0. The molecule has 0 radical (unpaired) electrons. The lowest BCUT2D eigenvalue weighted by Gasteiger charge is -2.35. The lowest BCUT2D eigenvalue weighted by molar-refractivity contribution is -0.134. The zero-order chi connectivity index (χ0) is 20.7. The minimum Gasteiger partial charge on any atom is -0.352 e. The predicted octanol–water partition coefficient (Wildman–Crippen LogP) is 1.21. The summed E-state index contributed by atoms with van der Waals surface area (Å²) in [7, 11) is -3.56. The zero-order valence-electron chi connectivity index (χ0n) is 16.2. The number of rotatable bonds is 7. The average molecular weight is 409 g/mol. The Balaban J connectivity index is 1.97. The van der Waals surface area contributed by atoms with Crippen LogP contribution < -0.4 is 11.1 Å². The molecule has 1 heterocycles. The van der Waals surface area contributed by atoms with Crippen LogP contribution in [0, 0.1) is 5.92 Å². The molecule has 1 aliphatic heterocycles. The number of urea groups is 1. The van der Waals surface area contributed by atoms with E-state index >= 15 is 0 Å². The number of nitrogens with one attached hydrogen (secondary N) is 1. The molecule has 1 aromatic carbocycles. The topological polar surface area (TPSA) is 113 Å². The van der Waals surface area contributed by atoms with Gasteiger partial charge in [0.15, 0.2) is 0 Å². The molecule has 28 heavy (non-hydrogen) atoms. The first-order chi connectivity index (χ1) is 13.2. The maximum atomic E-state index is 12.7. The molecule has 3 amide bonds. The number of nitrogens with two attached hydrogens (primary N) is 1. The molecular weight excluding hydrogens is 380 g/mol. The van der Waals surface area contributed by atoms with Gasteiger partial charge in [-0.25, -0.2) is 13.2 Å². The molecule has 0 saturated carbocycles. The summed E-state index contributed by atoms with van der Waals surface area (Å²) in [5.74, 6) is -0.0324. The molecule has 0 bridgehead atoms. The van der Waals surface area contributed by atoms with Gasteiger partial charge in [0, 0.05) is 31.6 Å². The second kappa shape index (κ2) is 9.70. The number of carbonyl (C=O) groups is 2. The highest BCUT2D eigenvalue weighted by Gasteiger charge is 2.31. The van der Waals surface area contributed by atoms with Crippen molar-refractivity contribution in [1.29, 1.82) is 0 Å². The number of benzene rings is 1. The summed E-state index contributed by atoms with van der Waals surface area (Å²) in [6.45, 7) is 4.86. The van der Waals surface area contributed by atoms with Crippen molar-refractivity contribution in [2.75, 3.05) is 26.2 Å². The SMILES string of the molecule is CC(C)C[C@@H](NC(N)=O)C(=O)N1CCN(S(=O)(=O)/C=C/c2ccccc2)CC1. The van der Waals surface area contributed by atoms with Crippen molar-refractivity contribution in [3.63, 3.8) is 0 Å². The number of carbonyl (C=O) groups excluding carboxylic acids is 2. The van der Waals surface area contributed by atoms with E-state index in [1.807, 2.05) is 44.2 Å². The fourth-order valence-electron chi connectivity index (χ4n) is 3.06. The molecule has 3 N–H and O–H groups in total. The molecule has 9 heteroatoms. The van der Waals surface area contributed by atoms with Crippen molar-refractivity contribution in [1.82, 2.24) is 14.5 Å². The average Bonchev–Trinajstić information content (AvgIpc) is 2.65. The van der Waals surface area contributed by atoms with Gasteiger partial charge in [-0.2, -0.15) is 4.31 Å². The fourth-order valence-corrected chi connectivity index (χ4v) is 4.24. The van der Waals surface area contributed by atoms with Gasteiger partial charge in [-0.05, 0) is 24.0 Å². The van der Waals surface area contributed by atoms with Crippen molar-refractivity contribution in [3.05, 3.63) is 41.3 Å². The quantitative estimate of drug-likeness (QED) is 0.706. The van der Waals surface area contributed by atoms with E-state index in [4.69, 9.17) is 5.73 Å². The van der Waals surface area contributed by atoms with Gasteiger partial charge in [-0.1, -0.05) is 44.2 Å². The Morgan fingerprint density at radius 2 is 1.75 bits per heavy atom. The summed E-state index contributed by atoms with van der Waals surface area (Å²) < 4.78 is 26.4. The number of sulfonamides is 1. The molecule has 154 valence electrons. The van der Waals surface area contributed by atoms with Gasteiger partial charge in [0.25, 0.3) is 0 Å². The summed E-state index contributed by atoms with van der Waals surface area (Å²) in [4.78, 5) is 25.5. The van der Waals surface area contributed by atoms with Crippen molar-refractivity contribution < 1.29 is 18.0 Å². The third kappa shape index (κ3) is 6.35. The first-order valence-corrected chi connectivity index (χ1v) is 10.8. The van der Waals surface area contributed by atoms with Crippen LogP contribution >= 0.6 is 0 Å². The smallest absolute Gasteiger partial charge is 0.312 e. The molecule has 0 aromatic heterocycles. The maximum Gasteiger partial charge on any atom is 0.312 e. The number of nitrogens with zero attached hydrogens (tertiary/aromatic N) is 2. The van der Waals surface area contributed by atoms with Crippen LogP contribution in [0.25, 0.3) is 6.08 Å². The molecule has 0 aliphatic carbocycles. The van der Waals surface area contributed by atoms with Crippen molar-refractivity contribution in [2.24, 2.45) is 11.7 Å². The highest BCUT2D eigenvalue weighted by Crippen LogP contribution is 2.14. The van der Waals surface area contributed by atoms with E-state index in [-0.39, 0.29) is 38.0 Å². The van der Waals surface area contributed by atoms with Crippen LogP contribution in [0.1, 0.15) is 25.8 Å². The van der Waals surface area contributed by atoms with E-state index in [2.05, 4.69) is 5.32 Å². The molecule has 1 saturated heterocycles. The van der Waals surface area contributed by atoms with Gasteiger partial charge >= 0.3 is 6.03 Å². The third-order valence-corrected chi connectivity index (χ3v) is 6.03. The number of hydrogen-bond acceptors (Lipinski definition) is 4. The monoisotopic (exact) mass is 408 g/mol. The summed E-state index contributed by atoms with van der Waals surface area (Å²) in [5.41, 5.74) is 5.98. The lowest BCUT2D eigenvalue weighted by Crippen LogP contribution is -2.56. The highest BCUT2D eigenvalue weighted by atomic mass is 32.2. The molecule has 1 aromatic rings. The predicted molar refractivity (Wildman–Crippen MR) is 109 cm³/mol. The maximum absolute atomic E-state index is 12.7. The van der Waals surface area contributed by atoms with E-state index in [9.17, 15) is 18.0 Å². The molecule has 1 fully saturated rings. The van der Waals surface area contributed by atoms with Gasteiger partial charge in [-0.3, -0.25) is 4.79 Å². The summed E-state index contributed by atoms with van der Waals surface area (Å²) in [6.07, 6.45) is 2.03. The first kappa shape index (κ1) is 21.9. The van der Waals surface area contributed by atoms with Crippen LogP contribution in [0.3, 0.4) is 0 Å². The summed E-state index contributed by atoms with van der Waals surface area (Å²) >= 11 is 0. The molecule has 0 unspecified atom stereocenters. The second-order valence-corrected chi connectivity index (χ2v) is 8.99. The molecular formula is C19H28N4O4S. The molecule has 1 aliphatic rings. The van der Waals surface area contributed by atoms with E-state index in [1.165, 1.54) is 9.71 Å². The van der Waals surface area contributed by atoms with Crippen molar-refractivity contribution >= 4 is 28.0 Å². The largest absolute Gasteiger partial charge is 0.352 e.